The minimum atomic E-state index is -1.30. The number of hydrogen-bond acceptors (Lipinski definition) is 4. The highest BCUT2D eigenvalue weighted by Gasteiger charge is 2.26. The number of fused-ring (bicyclic) bond motifs is 1. The van der Waals surface area contributed by atoms with Gasteiger partial charge in [0.25, 0.3) is 0 Å². The first-order valence-corrected chi connectivity index (χ1v) is 8.76. The highest BCUT2D eigenvalue weighted by Crippen LogP contribution is 2.41. The largest absolute Gasteiger partial charge is 0.591 e. The fraction of sp³-hybridized carbons (Fsp3) is 0.500. The van der Waals surface area contributed by atoms with Gasteiger partial charge >= 0.3 is 0 Å². The van der Waals surface area contributed by atoms with E-state index in [4.69, 9.17) is 0 Å². The van der Waals surface area contributed by atoms with E-state index in [2.05, 4.69) is 36.5 Å². The molecule has 21 heavy (non-hydrogen) atoms. The van der Waals surface area contributed by atoms with Crippen LogP contribution in [0.15, 0.2) is 21.1 Å². The van der Waals surface area contributed by atoms with Crippen LogP contribution in [-0.4, -0.2) is 30.1 Å². The third-order valence-electron chi connectivity index (χ3n) is 3.26. The van der Waals surface area contributed by atoms with Gasteiger partial charge in [-0.3, -0.25) is 0 Å². The molecule has 1 fully saturated rings. The van der Waals surface area contributed by atoms with Crippen LogP contribution < -0.4 is 0 Å². The molecule has 0 aliphatic heterocycles. The van der Waals surface area contributed by atoms with Gasteiger partial charge in [0.05, 0.1) is 4.47 Å². The van der Waals surface area contributed by atoms with Crippen LogP contribution >= 0.6 is 15.9 Å². The zero-order valence-electron chi connectivity index (χ0n) is 12.2. The summed E-state index contributed by atoms with van der Waals surface area (Å²) in [7, 11) is 0. The van der Waals surface area contributed by atoms with Crippen LogP contribution in [0.25, 0.3) is 5.65 Å². The van der Waals surface area contributed by atoms with Crippen LogP contribution in [0.3, 0.4) is 0 Å². The van der Waals surface area contributed by atoms with Crippen molar-refractivity contribution in [3.63, 3.8) is 0 Å². The Morgan fingerprint density at radius 2 is 2.19 bits per heavy atom. The number of aromatic nitrogens is 3. The van der Waals surface area contributed by atoms with Crippen LogP contribution in [0.5, 0.6) is 0 Å². The van der Waals surface area contributed by atoms with Gasteiger partial charge in [0.15, 0.2) is 11.5 Å². The molecule has 1 aliphatic carbocycles. The first-order valence-electron chi connectivity index (χ1n) is 6.86. The van der Waals surface area contributed by atoms with Crippen molar-refractivity contribution in [2.75, 3.05) is 0 Å². The van der Waals surface area contributed by atoms with Crippen LogP contribution in [0.2, 0.25) is 0 Å². The van der Waals surface area contributed by atoms with E-state index in [1.54, 1.807) is 4.52 Å². The van der Waals surface area contributed by atoms with E-state index in [1.807, 2.05) is 27.0 Å². The maximum absolute atomic E-state index is 11.9. The number of rotatable bonds is 3. The van der Waals surface area contributed by atoms with Gasteiger partial charge in [-0.25, -0.2) is 9.50 Å². The zero-order valence-corrected chi connectivity index (χ0v) is 14.6. The van der Waals surface area contributed by atoms with E-state index in [-0.39, 0.29) is 4.75 Å². The first-order chi connectivity index (χ1) is 9.84. The summed E-state index contributed by atoms with van der Waals surface area (Å²) in [5.41, 5.74) is 2.03. The van der Waals surface area contributed by atoms with Gasteiger partial charge in [-0.15, -0.1) is 5.10 Å². The smallest absolute Gasteiger partial charge is 0.197 e. The van der Waals surface area contributed by atoms with Crippen LogP contribution in [-0.2, 0) is 11.4 Å². The Bertz CT molecular complexity index is 703. The van der Waals surface area contributed by atoms with E-state index in [1.165, 1.54) is 24.6 Å². The Morgan fingerprint density at radius 3 is 2.81 bits per heavy atom. The fourth-order valence-electron chi connectivity index (χ4n) is 1.93. The summed E-state index contributed by atoms with van der Waals surface area (Å²) in [5, 5.41) is 4.39. The third-order valence-corrected chi connectivity index (χ3v) is 5.19. The SMILES string of the molecule is CC(C)(C)[S+]([O-])N=Cc1nc2c(Br)cc(C3CC3)cn2n1. The topological polar surface area (TPSA) is 65.6 Å². The van der Waals surface area contributed by atoms with Crippen molar-refractivity contribution in [3.8, 4) is 0 Å². The zero-order chi connectivity index (χ0) is 15.2. The molecule has 1 aliphatic rings. The molecule has 0 spiro atoms. The molecule has 3 rings (SSSR count). The first kappa shape index (κ1) is 15.0. The van der Waals surface area contributed by atoms with Crippen molar-refractivity contribution < 1.29 is 4.55 Å². The summed E-state index contributed by atoms with van der Waals surface area (Å²) < 4.78 is 18.3. The second-order valence-electron chi connectivity index (χ2n) is 6.23. The molecule has 1 atom stereocenters. The molecule has 2 aromatic heterocycles. The molecule has 1 unspecified atom stereocenters. The second kappa shape index (κ2) is 5.37. The van der Waals surface area contributed by atoms with E-state index in [0.717, 1.165) is 10.1 Å². The summed E-state index contributed by atoms with van der Waals surface area (Å²) in [6.07, 6.45) is 5.98. The van der Waals surface area contributed by atoms with Gasteiger partial charge in [-0.05, 0) is 67.1 Å². The van der Waals surface area contributed by atoms with Crippen molar-refractivity contribution in [3.05, 3.63) is 28.1 Å². The summed E-state index contributed by atoms with van der Waals surface area (Å²) in [6.45, 7) is 5.65. The third kappa shape index (κ3) is 3.30. The Balaban J connectivity index is 1.90. The minimum absolute atomic E-state index is 0.380. The quantitative estimate of drug-likeness (QED) is 0.616. The van der Waals surface area contributed by atoms with E-state index < -0.39 is 11.4 Å². The highest BCUT2D eigenvalue weighted by molar-refractivity contribution is 9.10. The van der Waals surface area contributed by atoms with Gasteiger partial charge in [0.1, 0.15) is 22.3 Å². The normalized spacial score (nSPS) is 17.8. The van der Waals surface area contributed by atoms with Crippen molar-refractivity contribution >= 4 is 39.2 Å². The van der Waals surface area contributed by atoms with Crippen molar-refractivity contribution in [2.24, 2.45) is 4.40 Å². The average molecular weight is 369 g/mol. The summed E-state index contributed by atoms with van der Waals surface area (Å²) in [5.74, 6) is 1.13. The van der Waals surface area contributed by atoms with Gasteiger partial charge < -0.3 is 4.55 Å². The van der Waals surface area contributed by atoms with Gasteiger partial charge in [0.2, 0.25) is 0 Å². The van der Waals surface area contributed by atoms with Crippen molar-refractivity contribution in [1.29, 1.82) is 0 Å². The lowest BCUT2D eigenvalue weighted by Crippen LogP contribution is -2.25. The number of pyridine rings is 1. The molecular formula is C14H17BrN4OS. The molecule has 0 bridgehead atoms. The van der Waals surface area contributed by atoms with E-state index >= 15 is 0 Å². The average Bonchev–Trinajstić information content (AvgIpc) is 3.15. The lowest BCUT2D eigenvalue weighted by molar-refractivity contribution is 0.561. The molecule has 2 aromatic rings. The Kier molecular flexibility index (Phi) is 3.83. The molecule has 5 nitrogen and oxygen atoms in total. The van der Waals surface area contributed by atoms with Gasteiger partial charge in [-0.1, -0.05) is 4.40 Å². The summed E-state index contributed by atoms with van der Waals surface area (Å²) in [6, 6.07) is 2.11. The lowest BCUT2D eigenvalue weighted by Gasteiger charge is -2.17. The van der Waals surface area contributed by atoms with E-state index in [0.29, 0.717) is 11.7 Å². The Hall–Kier alpha value is -0.920. The van der Waals surface area contributed by atoms with Gasteiger partial charge in [0, 0.05) is 6.20 Å². The molecule has 1 saturated carbocycles. The van der Waals surface area contributed by atoms with Gasteiger partial charge in [-0.2, -0.15) is 0 Å². The number of hydrogen-bond donors (Lipinski definition) is 0. The predicted molar refractivity (Wildman–Crippen MR) is 88.2 cm³/mol. The monoisotopic (exact) mass is 368 g/mol. The summed E-state index contributed by atoms with van der Waals surface area (Å²) in [4.78, 5) is 4.41. The highest BCUT2D eigenvalue weighted by atomic mass is 79.9. The van der Waals surface area contributed by atoms with Crippen LogP contribution in [0.4, 0.5) is 0 Å². The van der Waals surface area contributed by atoms with Crippen molar-refractivity contribution in [1.82, 2.24) is 14.6 Å². The molecule has 0 saturated heterocycles. The molecule has 0 radical (unpaired) electrons. The molecule has 0 amide bonds. The maximum Gasteiger partial charge on any atom is 0.197 e. The summed E-state index contributed by atoms with van der Waals surface area (Å²) >= 11 is 2.24. The van der Waals surface area contributed by atoms with Crippen LogP contribution in [0, 0.1) is 0 Å². The molecule has 0 N–H and O–H groups in total. The number of halogens is 1. The fourth-order valence-corrected chi connectivity index (χ4v) is 2.97. The lowest BCUT2D eigenvalue weighted by atomic mass is 10.2. The van der Waals surface area contributed by atoms with Crippen molar-refractivity contribution in [2.45, 2.75) is 44.3 Å². The molecule has 7 heteroatoms. The van der Waals surface area contributed by atoms with Crippen LogP contribution in [0.1, 0.15) is 50.9 Å². The molecule has 112 valence electrons. The Morgan fingerprint density at radius 1 is 1.48 bits per heavy atom. The minimum Gasteiger partial charge on any atom is -0.591 e. The standard InChI is InChI=1S/C14H17BrN4OS/c1-14(2,3)21(20)16-7-12-17-13-11(15)6-10(9-4-5-9)8-19(13)18-12/h6-9H,4-5H2,1-3H3. The second-order valence-corrected chi connectivity index (χ2v) is 9.02. The van der Waals surface area contributed by atoms with E-state index in [9.17, 15) is 4.55 Å². The predicted octanol–water partition coefficient (Wildman–Crippen LogP) is 3.25. The maximum atomic E-state index is 11.9. The molecular weight excluding hydrogens is 352 g/mol. The molecule has 2 heterocycles. The molecule has 0 aromatic carbocycles. The number of nitrogens with zero attached hydrogens (tertiary/aromatic N) is 4. The Labute approximate surface area is 135 Å².